The molecular weight excluding hydrogens is 416 g/mol. The molecule has 0 spiro atoms. The largest absolute Gasteiger partial charge is 0.464 e. The summed E-state index contributed by atoms with van der Waals surface area (Å²) >= 11 is 2.97. The molecule has 0 aromatic carbocycles. The van der Waals surface area contributed by atoms with Crippen LogP contribution in [0.4, 0.5) is 0 Å². The van der Waals surface area contributed by atoms with Gasteiger partial charge in [-0.1, -0.05) is 31.4 Å². The van der Waals surface area contributed by atoms with Crippen molar-refractivity contribution in [1.82, 2.24) is 10.2 Å². The van der Waals surface area contributed by atoms with E-state index in [0.717, 1.165) is 36.3 Å². The van der Waals surface area contributed by atoms with Crippen molar-refractivity contribution in [1.29, 1.82) is 0 Å². The normalized spacial score (nSPS) is 15.6. The molecule has 158 valence electrons. The second-order valence-electron chi connectivity index (χ2n) is 7.68. The molecule has 1 atom stereocenters. The van der Waals surface area contributed by atoms with Crippen molar-refractivity contribution in [2.75, 3.05) is 0 Å². The fourth-order valence-electron chi connectivity index (χ4n) is 3.94. The van der Waals surface area contributed by atoms with Crippen molar-refractivity contribution >= 4 is 34.5 Å². The molecule has 0 radical (unpaired) electrons. The van der Waals surface area contributed by atoms with E-state index in [2.05, 4.69) is 5.32 Å². The van der Waals surface area contributed by atoms with Crippen molar-refractivity contribution in [3.63, 3.8) is 0 Å². The number of furan rings is 1. The van der Waals surface area contributed by atoms with Crippen LogP contribution < -0.4 is 5.32 Å². The summed E-state index contributed by atoms with van der Waals surface area (Å²) in [4.78, 5) is 30.3. The highest BCUT2D eigenvalue weighted by atomic mass is 32.1. The fourth-order valence-corrected chi connectivity index (χ4v) is 5.33. The van der Waals surface area contributed by atoms with E-state index in [1.807, 2.05) is 48.0 Å². The summed E-state index contributed by atoms with van der Waals surface area (Å²) in [5, 5.41) is 7.06. The molecule has 1 fully saturated rings. The first kappa shape index (κ1) is 20.9. The lowest BCUT2D eigenvalue weighted by atomic mass is 9.95. The summed E-state index contributed by atoms with van der Waals surface area (Å²) in [6.45, 7) is 2.21. The number of carbonyl (C=O) groups excluding carboxylic acids is 2. The highest BCUT2D eigenvalue weighted by Crippen LogP contribution is 2.30. The first-order valence-corrected chi connectivity index (χ1v) is 12.1. The van der Waals surface area contributed by atoms with E-state index in [1.54, 1.807) is 22.3 Å². The Morgan fingerprint density at radius 2 is 1.87 bits per heavy atom. The topological polar surface area (TPSA) is 62.6 Å². The van der Waals surface area contributed by atoms with E-state index in [0.29, 0.717) is 17.2 Å². The number of nitrogens with zero attached hydrogens (tertiary/aromatic N) is 1. The van der Waals surface area contributed by atoms with Crippen molar-refractivity contribution in [3.05, 3.63) is 68.4 Å². The molecule has 3 aromatic heterocycles. The summed E-state index contributed by atoms with van der Waals surface area (Å²) in [6, 6.07) is 10.6. The molecule has 1 N–H and O–H groups in total. The predicted molar refractivity (Wildman–Crippen MR) is 120 cm³/mol. The number of rotatable bonds is 7. The molecule has 0 saturated heterocycles. The van der Waals surface area contributed by atoms with E-state index in [1.165, 1.54) is 17.8 Å². The van der Waals surface area contributed by atoms with Gasteiger partial charge in [0.2, 0.25) is 0 Å². The second kappa shape index (κ2) is 9.62. The maximum absolute atomic E-state index is 13.5. The molecule has 3 aromatic rings. The minimum Gasteiger partial charge on any atom is -0.464 e. The molecule has 30 heavy (non-hydrogen) atoms. The first-order chi connectivity index (χ1) is 14.6. The molecule has 1 aliphatic rings. The van der Waals surface area contributed by atoms with E-state index < -0.39 is 6.04 Å². The minimum absolute atomic E-state index is 0.156. The maximum atomic E-state index is 13.5. The van der Waals surface area contributed by atoms with Crippen LogP contribution in [-0.4, -0.2) is 22.8 Å². The van der Waals surface area contributed by atoms with Crippen LogP contribution >= 0.6 is 22.7 Å². The third-order valence-corrected chi connectivity index (χ3v) is 7.16. The lowest BCUT2D eigenvalue weighted by Gasteiger charge is -2.31. The number of nitrogens with one attached hydrogen (secondary N) is 1. The number of thiophene rings is 2. The van der Waals surface area contributed by atoms with E-state index in [4.69, 9.17) is 4.42 Å². The summed E-state index contributed by atoms with van der Waals surface area (Å²) in [6.07, 6.45) is 5.44. The van der Waals surface area contributed by atoms with Crippen LogP contribution in [0.2, 0.25) is 0 Å². The fraction of sp³-hybridized carbons (Fsp3) is 0.391. The molecule has 0 unspecified atom stereocenters. The van der Waals surface area contributed by atoms with Gasteiger partial charge in [0.25, 0.3) is 11.8 Å². The lowest BCUT2D eigenvalue weighted by molar-refractivity contribution is -0.127. The van der Waals surface area contributed by atoms with Gasteiger partial charge in [-0.2, -0.15) is 0 Å². The summed E-state index contributed by atoms with van der Waals surface area (Å²) in [7, 11) is 0. The van der Waals surface area contributed by atoms with Crippen LogP contribution in [0.3, 0.4) is 0 Å². The molecule has 1 saturated carbocycles. The molecule has 5 nitrogen and oxygen atoms in total. The van der Waals surface area contributed by atoms with Crippen molar-refractivity contribution in [2.45, 2.75) is 57.7 Å². The van der Waals surface area contributed by atoms with E-state index >= 15 is 0 Å². The number of hydrogen-bond donors (Lipinski definition) is 1. The number of hydrogen-bond acceptors (Lipinski definition) is 5. The van der Waals surface area contributed by atoms with Crippen LogP contribution in [0.5, 0.6) is 0 Å². The summed E-state index contributed by atoms with van der Waals surface area (Å²) in [5.74, 6) is 0.899. The van der Waals surface area contributed by atoms with Crippen LogP contribution in [0.25, 0.3) is 0 Å². The molecule has 0 aliphatic heterocycles. The van der Waals surface area contributed by atoms with Crippen LogP contribution in [0.15, 0.2) is 51.6 Å². The lowest BCUT2D eigenvalue weighted by Crippen LogP contribution is -2.46. The Morgan fingerprint density at radius 1 is 1.10 bits per heavy atom. The van der Waals surface area contributed by atoms with Gasteiger partial charge >= 0.3 is 0 Å². The van der Waals surface area contributed by atoms with Crippen LogP contribution in [0, 0.1) is 6.92 Å². The second-order valence-corrected chi connectivity index (χ2v) is 9.66. The molecular formula is C23H26N2O3S2. The third-order valence-electron chi connectivity index (χ3n) is 5.44. The number of aryl methyl sites for hydroxylation is 1. The van der Waals surface area contributed by atoms with E-state index in [-0.39, 0.29) is 17.9 Å². The molecule has 0 bridgehead atoms. The van der Waals surface area contributed by atoms with Gasteiger partial charge in [0.1, 0.15) is 11.5 Å². The van der Waals surface area contributed by atoms with Gasteiger partial charge in [-0.3, -0.25) is 9.59 Å². The maximum Gasteiger partial charge on any atom is 0.265 e. The Labute approximate surface area is 184 Å². The predicted octanol–water partition coefficient (Wildman–Crippen LogP) is 5.54. The molecule has 7 heteroatoms. The highest BCUT2D eigenvalue weighted by Gasteiger charge is 2.36. The highest BCUT2D eigenvalue weighted by molar-refractivity contribution is 7.12. The van der Waals surface area contributed by atoms with Gasteiger partial charge in [0.05, 0.1) is 11.4 Å². The average molecular weight is 443 g/mol. The standard InChI is InChI=1S/C23H26N2O3S2/c1-16-11-12-19(28-16)21(22(26)24-17-7-3-2-4-8-17)25(15-18-9-5-13-29-18)23(27)20-10-6-14-30-20/h5-6,9-14,17,21H,2-4,7-8,15H2,1H3,(H,24,26)/t21-/m0/s1. The molecule has 4 rings (SSSR count). The van der Waals surface area contributed by atoms with Gasteiger partial charge in [-0.15, -0.1) is 22.7 Å². The van der Waals surface area contributed by atoms with Crippen LogP contribution in [-0.2, 0) is 11.3 Å². The quantitative estimate of drug-likeness (QED) is 0.522. The van der Waals surface area contributed by atoms with Crippen LogP contribution in [0.1, 0.15) is 64.2 Å². The zero-order valence-corrected chi connectivity index (χ0v) is 18.6. The number of carbonyl (C=O) groups is 2. The molecule has 2 amide bonds. The average Bonchev–Trinajstić information content (AvgIpc) is 3.51. The zero-order chi connectivity index (χ0) is 20.9. The zero-order valence-electron chi connectivity index (χ0n) is 17.0. The SMILES string of the molecule is Cc1ccc([C@@H](C(=O)NC2CCCCC2)N(Cc2cccs2)C(=O)c2cccs2)o1. The van der Waals surface area contributed by atoms with Gasteiger partial charge < -0.3 is 14.6 Å². The minimum atomic E-state index is -0.808. The third kappa shape index (κ3) is 4.84. The summed E-state index contributed by atoms with van der Waals surface area (Å²) < 4.78 is 5.88. The smallest absolute Gasteiger partial charge is 0.265 e. The van der Waals surface area contributed by atoms with Crippen molar-refractivity contribution in [3.8, 4) is 0 Å². The first-order valence-electron chi connectivity index (χ1n) is 10.4. The van der Waals surface area contributed by atoms with Gasteiger partial charge in [-0.25, -0.2) is 0 Å². The van der Waals surface area contributed by atoms with Crippen molar-refractivity contribution < 1.29 is 14.0 Å². The Balaban J connectivity index is 1.68. The molecule has 1 aliphatic carbocycles. The molecule has 3 heterocycles. The Kier molecular flexibility index (Phi) is 6.69. The monoisotopic (exact) mass is 442 g/mol. The van der Waals surface area contributed by atoms with Gasteiger partial charge in [0.15, 0.2) is 6.04 Å². The Hall–Kier alpha value is -2.38. The number of amides is 2. The Bertz CT molecular complexity index is 957. The van der Waals surface area contributed by atoms with Crippen molar-refractivity contribution in [2.24, 2.45) is 0 Å². The van der Waals surface area contributed by atoms with Gasteiger partial charge in [-0.05, 0) is 54.8 Å². The Morgan fingerprint density at radius 3 is 2.50 bits per heavy atom. The summed E-state index contributed by atoms with van der Waals surface area (Å²) in [5.41, 5.74) is 0. The van der Waals surface area contributed by atoms with E-state index in [9.17, 15) is 9.59 Å². The van der Waals surface area contributed by atoms with Gasteiger partial charge in [0, 0.05) is 10.9 Å².